The summed E-state index contributed by atoms with van der Waals surface area (Å²) in [5.41, 5.74) is 0.577. The van der Waals surface area contributed by atoms with Crippen LogP contribution in [0.3, 0.4) is 0 Å². The number of hydrogen-bond donors (Lipinski definition) is 1. The summed E-state index contributed by atoms with van der Waals surface area (Å²) >= 11 is 0. The largest absolute Gasteiger partial charge is 0.372 e. The molecule has 0 radical (unpaired) electrons. The van der Waals surface area contributed by atoms with Crippen LogP contribution in [0, 0.1) is 6.92 Å². The van der Waals surface area contributed by atoms with Gasteiger partial charge in [0.05, 0.1) is 17.1 Å². The Hall–Kier alpha value is -1.44. The van der Waals surface area contributed by atoms with Gasteiger partial charge in [0.15, 0.2) is 0 Å². The third-order valence-electron chi connectivity index (χ3n) is 3.90. The third kappa shape index (κ3) is 5.03. The highest BCUT2D eigenvalue weighted by atomic mass is 32.2. The van der Waals surface area contributed by atoms with E-state index in [0.29, 0.717) is 18.7 Å². The van der Waals surface area contributed by atoms with Gasteiger partial charge in [-0.15, -0.1) is 0 Å². The SMILES string of the molecule is Cc1ccc(S(=O)(=O)NC(C)(C)C)cc1C(=O)N1CC(C)OC(C)C1. The molecular weight excluding hydrogens is 340 g/mol. The Bertz CT molecular complexity index is 743. The molecule has 25 heavy (non-hydrogen) atoms. The average molecular weight is 368 g/mol. The number of sulfonamides is 1. The zero-order valence-electron chi connectivity index (χ0n) is 15.8. The van der Waals surface area contributed by atoms with Crippen LogP contribution in [0.4, 0.5) is 0 Å². The van der Waals surface area contributed by atoms with E-state index in [-0.39, 0.29) is 23.0 Å². The lowest BCUT2D eigenvalue weighted by molar-refractivity contribution is -0.0586. The topological polar surface area (TPSA) is 75.7 Å². The van der Waals surface area contributed by atoms with Gasteiger partial charge in [0.2, 0.25) is 10.0 Å². The lowest BCUT2D eigenvalue weighted by atomic mass is 10.1. The highest BCUT2D eigenvalue weighted by Crippen LogP contribution is 2.21. The van der Waals surface area contributed by atoms with Crippen molar-refractivity contribution in [3.8, 4) is 0 Å². The van der Waals surface area contributed by atoms with E-state index in [4.69, 9.17) is 4.74 Å². The van der Waals surface area contributed by atoms with E-state index in [9.17, 15) is 13.2 Å². The maximum Gasteiger partial charge on any atom is 0.254 e. The average Bonchev–Trinajstić information content (AvgIpc) is 2.43. The van der Waals surface area contributed by atoms with Gasteiger partial charge in [0.1, 0.15) is 0 Å². The molecule has 1 fully saturated rings. The Kier molecular flexibility index (Phi) is 5.61. The van der Waals surface area contributed by atoms with Crippen molar-refractivity contribution in [3.63, 3.8) is 0 Å². The highest BCUT2D eigenvalue weighted by molar-refractivity contribution is 7.89. The van der Waals surface area contributed by atoms with Gasteiger partial charge in [-0.05, 0) is 59.2 Å². The van der Waals surface area contributed by atoms with E-state index < -0.39 is 15.6 Å². The first kappa shape index (κ1) is 19.9. The molecule has 0 bridgehead atoms. The second-order valence-corrected chi connectivity index (χ2v) is 9.48. The summed E-state index contributed by atoms with van der Waals surface area (Å²) in [5, 5.41) is 0. The van der Waals surface area contributed by atoms with Crippen LogP contribution in [0.5, 0.6) is 0 Å². The van der Waals surface area contributed by atoms with Crippen LogP contribution in [-0.4, -0.2) is 50.1 Å². The number of amides is 1. The zero-order chi connectivity index (χ0) is 19.0. The van der Waals surface area contributed by atoms with Crippen LogP contribution in [-0.2, 0) is 14.8 Å². The van der Waals surface area contributed by atoms with Gasteiger partial charge in [-0.25, -0.2) is 13.1 Å². The maximum absolute atomic E-state index is 12.9. The van der Waals surface area contributed by atoms with E-state index in [2.05, 4.69) is 4.72 Å². The number of carbonyl (C=O) groups excluding carboxylic acids is 1. The molecule has 1 amide bonds. The molecule has 2 atom stereocenters. The summed E-state index contributed by atoms with van der Waals surface area (Å²) in [7, 11) is -3.69. The van der Waals surface area contributed by atoms with Crippen molar-refractivity contribution in [1.29, 1.82) is 0 Å². The van der Waals surface area contributed by atoms with Crippen LogP contribution >= 0.6 is 0 Å². The molecule has 140 valence electrons. The summed E-state index contributed by atoms with van der Waals surface area (Å²) in [5.74, 6) is -0.160. The Balaban J connectivity index is 2.34. The van der Waals surface area contributed by atoms with Crippen molar-refractivity contribution in [2.45, 2.75) is 64.2 Å². The van der Waals surface area contributed by atoms with Crippen molar-refractivity contribution in [2.24, 2.45) is 0 Å². The Morgan fingerprint density at radius 1 is 1.20 bits per heavy atom. The molecule has 0 saturated carbocycles. The number of benzene rings is 1. The number of rotatable bonds is 3. The number of carbonyl (C=O) groups is 1. The van der Waals surface area contributed by atoms with Crippen molar-refractivity contribution < 1.29 is 17.9 Å². The van der Waals surface area contributed by atoms with E-state index in [1.165, 1.54) is 12.1 Å². The highest BCUT2D eigenvalue weighted by Gasteiger charge is 2.29. The molecule has 0 aromatic heterocycles. The Morgan fingerprint density at radius 2 is 1.76 bits per heavy atom. The predicted molar refractivity (Wildman–Crippen MR) is 97.2 cm³/mol. The molecular formula is C18H28N2O4S. The van der Waals surface area contributed by atoms with Gasteiger partial charge in [-0.1, -0.05) is 6.07 Å². The summed E-state index contributed by atoms with van der Waals surface area (Å²) in [6.45, 7) is 12.0. The summed E-state index contributed by atoms with van der Waals surface area (Å²) in [6.07, 6.45) is -0.0787. The van der Waals surface area contributed by atoms with Crippen LogP contribution in [0.1, 0.15) is 50.5 Å². The molecule has 0 aliphatic carbocycles. The molecule has 6 nitrogen and oxygen atoms in total. The predicted octanol–water partition coefficient (Wildman–Crippen LogP) is 2.32. The molecule has 2 unspecified atom stereocenters. The zero-order valence-corrected chi connectivity index (χ0v) is 16.6. The van der Waals surface area contributed by atoms with Crippen molar-refractivity contribution in [3.05, 3.63) is 29.3 Å². The standard InChI is InChI=1S/C18H28N2O4S/c1-12-7-8-15(25(22,23)19-18(4,5)6)9-16(12)17(21)20-10-13(2)24-14(3)11-20/h7-9,13-14,19H,10-11H2,1-6H3. The quantitative estimate of drug-likeness (QED) is 0.888. The van der Waals surface area contributed by atoms with Gasteiger partial charge in [0, 0.05) is 24.2 Å². The van der Waals surface area contributed by atoms with Crippen LogP contribution < -0.4 is 4.72 Å². The van der Waals surface area contributed by atoms with Crippen molar-refractivity contribution >= 4 is 15.9 Å². The molecule has 7 heteroatoms. The molecule has 1 aromatic rings. The van der Waals surface area contributed by atoms with Crippen LogP contribution in [0.15, 0.2) is 23.1 Å². The minimum absolute atomic E-state index is 0.0394. The summed E-state index contributed by atoms with van der Waals surface area (Å²) in [4.78, 5) is 14.8. The maximum atomic E-state index is 12.9. The van der Waals surface area contributed by atoms with Crippen LogP contribution in [0.2, 0.25) is 0 Å². The number of hydrogen-bond acceptors (Lipinski definition) is 4. The first-order chi connectivity index (χ1) is 11.4. The van der Waals surface area contributed by atoms with Gasteiger partial charge in [-0.2, -0.15) is 0 Å². The number of nitrogens with zero attached hydrogens (tertiary/aromatic N) is 1. The smallest absolute Gasteiger partial charge is 0.254 e. The number of aryl methyl sites for hydroxylation is 1. The fourth-order valence-electron chi connectivity index (χ4n) is 2.97. The van der Waals surface area contributed by atoms with E-state index in [1.54, 1.807) is 31.7 Å². The molecule has 1 aromatic carbocycles. The molecule has 1 heterocycles. The number of morpholine rings is 1. The summed E-state index contributed by atoms with van der Waals surface area (Å²) in [6, 6.07) is 4.68. The van der Waals surface area contributed by atoms with E-state index in [1.807, 2.05) is 20.8 Å². The van der Waals surface area contributed by atoms with Gasteiger partial charge >= 0.3 is 0 Å². The van der Waals surface area contributed by atoms with E-state index >= 15 is 0 Å². The molecule has 1 N–H and O–H groups in total. The van der Waals surface area contributed by atoms with E-state index in [0.717, 1.165) is 5.56 Å². The molecule has 1 aliphatic rings. The monoisotopic (exact) mass is 368 g/mol. The normalized spacial score (nSPS) is 22.1. The minimum Gasteiger partial charge on any atom is -0.372 e. The minimum atomic E-state index is -3.69. The first-order valence-corrected chi connectivity index (χ1v) is 9.97. The molecule has 1 saturated heterocycles. The molecule has 1 aliphatic heterocycles. The Morgan fingerprint density at radius 3 is 2.28 bits per heavy atom. The van der Waals surface area contributed by atoms with Gasteiger partial charge in [-0.3, -0.25) is 4.79 Å². The van der Waals surface area contributed by atoms with Crippen molar-refractivity contribution in [1.82, 2.24) is 9.62 Å². The number of nitrogens with one attached hydrogen (secondary N) is 1. The molecule has 0 spiro atoms. The fraction of sp³-hybridized carbons (Fsp3) is 0.611. The van der Waals surface area contributed by atoms with Crippen LogP contribution in [0.25, 0.3) is 0 Å². The second kappa shape index (κ2) is 7.05. The summed E-state index contributed by atoms with van der Waals surface area (Å²) < 4.78 is 33.4. The molecule has 2 rings (SSSR count). The second-order valence-electron chi connectivity index (χ2n) is 7.80. The number of ether oxygens (including phenoxy) is 1. The lowest BCUT2D eigenvalue weighted by Crippen LogP contribution is -2.48. The van der Waals surface area contributed by atoms with Gasteiger partial charge in [0.25, 0.3) is 5.91 Å². The fourth-order valence-corrected chi connectivity index (χ4v) is 4.42. The van der Waals surface area contributed by atoms with Crippen molar-refractivity contribution in [2.75, 3.05) is 13.1 Å². The lowest BCUT2D eigenvalue weighted by Gasteiger charge is -2.35. The van der Waals surface area contributed by atoms with Gasteiger partial charge < -0.3 is 9.64 Å². The Labute approximate surface area is 150 Å². The first-order valence-electron chi connectivity index (χ1n) is 8.48. The third-order valence-corrected chi connectivity index (χ3v) is 5.65.